The summed E-state index contributed by atoms with van der Waals surface area (Å²) in [6.07, 6.45) is 8.06. The van der Waals surface area contributed by atoms with E-state index in [1.54, 1.807) is 0 Å². The summed E-state index contributed by atoms with van der Waals surface area (Å²) in [4.78, 5) is 5.41. The third-order valence-electron chi connectivity index (χ3n) is 5.04. The molecule has 1 atom stereocenters. The number of hydrogen-bond acceptors (Lipinski definition) is 3. The Kier molecular flexibility index (Phi) is 5.27. The van der Waals surface area contributed by atoms with Crippen molar-refractivity contribution in [2.75, 3.05) is 26.2 Å². The highest BCUT2D eigenvalue weighted by Crippen LogP contribution is 2.36. The summed E-state index contributed by atoms with van der Waals surface area (Å²) in [6.45, 7) is 11.5. The zero-order valence-corrected chi connectivity index (χ0v) is 13.2. The number of nitrogens with two attached hydrogens (primary N) is 1. The van der Waals surface area contributed by atoms with Gasteiger partial charge in [-0.15, -0.1) is 0 Å². The maximum Gasteiger partial charge on any atom is 0.0473 e. The van der Waals surface area contributed by atoms with E-state index in [2.05, 4.69) is 30.6 Å². The van der Waals surface area contributed by atoms with Crippen LogP contribution in [-0.2, 0) is 0 Å². The van der Waals surface area contributed by atoms with E-state index in [-0.39, 0.29) is 5.54 Å². The minimum absolute atomic E-state index is 0.254. The van der Waals surface area contributed by atoms with E-state index in [1.165, 1.54) is 58.2 Å². The van der Waals surface area contributed by atoms with E-state index in [0.717, 1.165) is 12.6 Å². The molecule has 1 aliphatic carbocycles. The van der Waals surface area contributed by atoms with Gasteiger partial charge in [-0.3, -0.25) is 9.80 Å². The van der Waals surface area contributed by atoms with E-state index in [0.29, 0.717) is 6.04 Å². The van der Waals surface area contributed by atoms with E-state index in [1.807, 2.05) is 0 Å². The van der Waals surface area contributed by atoms with Crippen LogP contribution >= 0.6 is 0 Å². The molecule has 3 heteroatoms. The lowest BCUT2D eigenvalue weighted by molar-refractivity contribution is 0.0640. The lowest BCUT2D eigenvalue weighted by Gasteiger charge is -2.43. The van der Waals surface area contributed by atoms with Gasteiger partial charge in [0, 0.05) is 37.3 Å². The molecule has 1 saturated heterocycles. The average Bonchev–Trinajstić information content (AvgIpc) is 3.15. The van der Waals surface area contributed by atoms with Crippen LogP contribution in [0.25, 0.3) is 0 Å². The quantitative estimate of drug-likeness (QED) is 0.686. The average molecular weight is 267 g/mol. The molecule has 1 aliphatic heterocycles. The highest BCUT2D eigenvalue weighted by molar-refractivity contribution is 5.04. The zero-order valence-electron chi connectivity index (χ0n) is 13.2. The van der Waals surface area contributed by atoms with E-state index >= 15 is 0 Å². The standard InChI is InChI=1S/C16H33N3/c1-4-5-6-10-19(14(2)3)16(12-17)9-11-18(13-16)15-7-8-15/h14-15H,4-13,17H2,1-3H3. The Labute approximate surface area is 119 Å². The fourth-order valence-corrected chi connectivity index (χ4v) is 3.73. The minimum atomic E-state index is 0.254. The lowest BCUT2D eigenvalue weighted by atomic mass is 9.93. The molecule has 19 heavy (non-hydrogen) atoms. The van der Waals surface area contributed by atoms with Crippen molar-refractivity contribution in [1.82, 2.24) is 9.80 Å². The second-order valence-corrected chi connectivity index (χ2v) is 6.87. The van der Waals surface area contributed by atoms with Crippen molar-refractivity contribution in [3.63, 3.8) is 0 Å². The Morgan fingerprint density at radius 1 is 1.32 bits per heavy atom. The fourth-order valence-electron chi connectivity index (χ4n) is 3.73. The summed E-state index contributed by atoms with van der Waals surface area (Å²) in [6, 6.07) is 1.50. The topological polar surface area (TPSA) is 32.5 Å². The molecule has 0 amide bonds. The minimum Gasteiger partial charge on any atom is -0.329 e. The lowest BCUT2D eigenvalue weighted by Crippen LogP contribution is -2.58. The molecule has 0 bridgehead atoms. The molecule has 3 nitrogen and oxygen atoms in total. The normalized spacial score (nSPS) is 28.7. The van der Waals surface area contributed by atoms with Crippen molar-refractivity contribution in [3.8, 4) is 0 Å². The second-order valence-electron chi connectivity index (χ2n) is 6.87. The first-order valence-corrected chi connectivity index (χ1v) is 8.34. The third kappa shape index (κ3) is 3.50. The first-order valence-electron chi connectivity index (χ1n) is 8.34. The van der Waals surface area contributed by atoms with Crippen LogP contribution in [-0.4, -0.2) is 53.6 Å². The summed E-state index contributed by atoms with van der Waals surface area (Å²) in [7, 11) is 0. The van der Waals surface area contributed by atoms with Gasteiger partial charge in [-0.05, 0) is 46.1 Å². The number of unbranched alkanes of at least 4 members (excludes halogenated alkanes) is 2. The predicted octanol–water partition coefficient (Wildman–Crippen LogP) is 2.45. The van der Waals surface area contributed by atoms with Crippen LogP contribution in [0.3, 0.4) is 0 Å². The van der Waals surface area contributed by atoms with Crippen LogP contribution in [0.4, 0.5) is 0 Å². The zero-order chi connectivity index (χ0) is 13.9. The van der Waals surface area contributed by atoms with Crippen molar-refractivity contribution in [2.45, 2.75) is 76.9 Å². The van der Waals surface area contributed by atoms with Gasteiger partial charge in [0.15, 0.2) is 0 Å². The molecular weight excluding hydrogens is 234 g/mol. The summed E-state index contributed by atoms with van der Waals surface area (Å²) in [5.41, 5.74) is 6.48. The van der Waals surface area contributed by atoms with Crippen molar-refractivity contribution in [2.24, 2.45) is 5.73 Å². The van der Waals surface area contributed by atoms with Crippen LogP contribution in [0.5, 0.6) is 0 Å². The highest BCUT2D eigenvalue weighted by atomic mass is 15.3. The van der Waals surface area contributed by atoms with E-state index < -0.39 is 0 Å². The van der Waals surface area contributed by atoms with Gasteiger partial charge in [-0.2, -0.15) is 0 Å². The van der Waals surface area contributed by atoms with Gasteiger partial charge in [0.25, 0.3) is 0 Å². The maximum absolute atomic E-state index is 6.23. The molecule has 0 aromatic heterocycles. The Morgan fingerprint density at radius 3 is 2.58 bits per heavy atom. The molecule has 2 rings (SSSR count). The summed E-state index contributed by atoms with van der Waals surface area (Å²) >= 11 is 0. The van der Waals surface area contributed by atoms with Crippen molar-refractivity contribution in [3.05, 3.63) is 0 Å². The van der Waals surface area contributed by atoms with Gasteiger partial charge in [0.1, 0.15) is 0 Å². The molecule has 2 fully saturated rings. The van der Waals surface area contributed by atoms with Gasteiger partial charge in [-0.1, -0.05) is 19.8 Å². The van der Waals surface area contributed by atoms with Gasteiger partial charge >= 0.3 is 0 Å². The fraction of sp³-hybridized carbons (Fsp3) is 1.00. The first kappa shape index (κ1) is 15.3. The monoisotopic (exact) mass is 267 g/mol. The molecule has 1 saturated carbocycles. The number of nitrogens with zero attached hydrogens (tertiary/aromatic N) is 2. The summed E-state index contributed by atoms with van der Waals surface area (Å²) < 4.78 is 0. The van der Waals surface area contributed by atoms with Crippen molar-refractivity contribution < 1.29 is 0 Å². The molecule has 0 radical (unpaired) electrons. The van der Waals surface area contributed by atoms with Crippen LogP contribution in [0.15, 0.2) is 0 Å². The van der Waals surface area contributed by atoms with Gasteiger partial charge < -0.3 is 5.73 Å². The van der Waals surface area contributed by atoms with E-state index in [9.17, 15) is 0 Å². The molecule has 1 unspecified atom stereocenters. The SMILES string of the molecule is CCCCCN(C(C)C)C1(CN)CCN(C2CC2)C1. The summed E-state index contributed by atoms with van der Waals surface area (Å²) in [5.74, 6) is 0. The Balaban J connectivity index is 1.99. The number of likely N-dealkylation sites (tertiary alicyclic amines) is 1. The Hall–Kier alpha value is -0.120. The van der Waals surface area contributed by atoms with E-state index in [4.69, 9.17) is 5.73 Å². The predicted molar refractivity (Wildman–Crippen MR) is 82.4 cm³/mol. The molecule has 0 aromatic rings. The molecule has 0 spiro atoms. The molecule has 112 valence electrons. The highest BCUT2D eigenvalue weighted by Gasteiger charge is 2.46. The molecule has 0 aromatic carbocycles. The molecular formula is C16H33N3. The molecule has 2 N–H and O–H groups in total. The number of rotatable bonds is 8. The smallest absolute Gasteiger partial charge is 0.0473 e. The van der Waals surface area contributed by atoms with Crippen molar-refractivity contribution in [1.29, 1.82) is 0 Å². The van der Waals surface area contributed by atoms with Crippen LogP contribution in [0.1, 0.15) is 59.3 Å². The van der Waals surface area contributed by atoms with Gasteiger partial charge in [0.05, 0.1) is 0 Å². The van der Waals surface area contributed by atoms with Crippen LogP contribution in [0.2, 0.25) is 0 Å². The van der Waals surface area contributed by atoms with Crippen LogP contribution in [0, 0.1) is 0 Å². The molecule has 2 aliphatic rings. The Morgan fingerprint density at radius 2 is 2.05 bits per heavy atom. The van der Waals surface area contributed by atoms with Crippen molar-refractivity contribution >= 4 is 0 Å². The van der Waals surface area contributed by atoms with Crippen LogP contribution < -0.4 is 5.73 Å². The third-order valence-corrected chi connectivity index (χ3v) is 5.04. The first-order chi connectivity index (χ1) is 9.13. The Bertz CT molecular complexity index is 275. The van der Waals surface area contributed by atoms with Gasteiger partial charge in [-0.25, -0.2) is 0 Å². The maximum atomic E-state index is 6.23. The summed E-state index contributed by atoms with van der Waals surface area (Å²) in [5, 5.41) is 0. The molecule has 1 heterocycles. The van der Waals surface area contributed by atoms with Gasteiger partial charge in [0.2, 0.25) is 0 Å². The largest absolute Gasteiger partial charge is 0.329 e. The number of hydrogen-bond donors (Lipinski definition) is 1. The second kappa shape index (κ2) is 6.55.